The van der Waals surface area contributed by atoms with Gasteiger partial charge in [0, 0.05) is 24.5 Å². The van der Waals surface area contributed by atoms with Crippen LogP contribution in [0.15, 0.2) is 12.3 Å². The number of H-pyrrole nitrogens is 1. The number of nitrogens with zero attached hydrogens (tertiary/aromatic N) is 2. The molecule has 6 nitrogen and oxygen atoms in total. The van der Waals surface area contributed by atoms with Gasteiger partial charge in [-0.1, -0.05) is 0 Å². The number of aromatic nitrogens is 1. The fraction of sp³-hybridized carbons (Fsp3) is 0.545. The molecule has 0 radical (unpaired) electrons. The number of amides is 1. The van der Waals surface area contributed by atoms with Gasteiger partial charge in [-0.25, -0.2) is 0 Å². The van der Waals surface area contributed by atoms with E-state index < -0.39 is 4.92 Å². The maximum Gasteiger partial charge on any atom is 0.287 e. The summed E-state index contributed by atoms with van der Waals surface area (Å²) in [5.41, 5.74) is 0.115. The van der Waals surface area contributed by atoms with E-state index in [0.29, 0.717) is 18.8 Å². The largest absolute Gasteiger partial charge is 0.351 e. The fourth-order valence-electron chi connectivity index (χ4n) is 1.59. The second-order valence-corrected chi connectivity index (χ2v) is 4.54. The smallest absolute Gasteiger partial charge is 0.287 e. The molecule has 0 unspecified atom stereocenters. The molecule has 18 heavy (non-hydrogen) atoms. The molecular weight excluding hydrogens is 258 g/mol. The zero-order valence-electron chi connectivity index (χ0n) is 10.4. The van der Waals surface area contributed by atoms with E-state index in [1.165, 1.54) is 12.3 Å². The van der Waals surface area contributed by atoms with Gasteiger partial charge < -0.3 is 9.88 Å². The lowest BCUT2D eigenvalue weighted by atomic mass is 10.2. The van der Waals surface area contributed by atoms with Crippen molar-refractivity contribution in [1.29, 1.82) is 0 Å². The summed E-state index contributed by atoms with van der Waals surface area (Å²) >= 11 is 5.61. The van der Waals surface area contributed by atoms with E-state index in [0.717, 1.165) is 0 Å². The predicted molar refractivity (Wildman–Crippen MR) is 69.0 cm³/mol. The van der Waals surface area contributed by atoms with Gasteiger partial charge in [-0.2, -0.15) is 0 Å². The van der Waals surface area contributed by atoms with Crippen LogP contribution in [-0.2, 0) is 0 Å². The van der Waals surface area contributed by atoms with Crippen LogP contribution in [-0.4, -0.2) is 39.2 Å². The number of alkyl halides is 1. The van der Waals surface area contributed by atoms with E-state index >= 15 is 0 Å². The maximum atomic E-state index is 12.2. The number of carbonyl (C=O) groups excluding carboxylic acids is 1. The van der Waals surface area contributed by atoms with Crippen LogP contribution in [0, 0.1) is 10.1 Å². The first-order valence-electron chi connectivity index (χ1n) is 5.67. The van der Waals surface area contributed by atoms with Crippen molar-refractivity contribution in [2.75, 3.05) is 12.4 Å². The first-order valence-corrected chi connectivity index (χ1v) is 6.20. The minimum absolute atomic E-state index is 0.0167. The van der Waals surface area contributed by atoms with Gasteiger partial charge in [0.05, 0.1) is 11.1 Å². The zero-order valence-corrected chi connectivity index (χ0v) is 11.1. The molecule has 0 fully saturated rings. The van der Waals surface area contributed by atoms with Gasteiger partial charge in [0.1, 0.15) is 5.69 Å². The van der Waals surface area contributed by atoms with Crippen molar-refractivity contribution in [2.45, 2.75) is 26.3 Å². The van der Waals surface area contributed by atoms with Crippen LogP contribution in [0.5, 0.6) is 0 Å². The van der Waals surface area contributed by atoms with Crippen LogP contribution < -0.4 is 0 Å². The zero-order chi connectivity index (χ0) is 13.7. The molecule has 0 aliphatic carbocycles. The van der Waals surface area contributed by atoms with Gasteiger partial charge >= 0.3 is 0 Å². The third-order valence-electron chi connectivity index (χ3n) is 2.53. The molecule has 0 atom stereocenters. The summed E-state index contributed by atoms with van der Waals surface area (Å²) in [5.74, 6) is 0.227. The van der Waals surface area contributed by atoms with E-state index in [1.807, 2.05) is 13.8 Å². The molecule has 0 saturated carbocycles. The van der Waals surface area contributed by atoms with Gasteiger partial charge in [0.2, 0.25) is 0 Å². The van der Waals surface area contributed by atoms with Crippen molar-refractivity contribution in [2.24, 2.45) is 0 Å². The molecule has 0 saturated heterocycles. The average Bonchev–Trinajstić information content (AvgIpc) is 2.78. The van der Waals surface area contributed by atoms with E-state index in [9.17, 15) is 14.9 Å². The second kappa shape index (κ2) is 6.39. The number of carbonyl (C=O) groups is 1. The normalized spacial score (nSPS) is 10.7. The standard InChI is InChI=1S/C11H16ClN3O3/c1-8(2)14(5-3-4-12)11(16)10-6-9(7-13-10)15(17)18/h6-8,13H,3-5H2,1-2H3. The molecule has 1 amide bonds. The van der Waals surface area contributed by atoms with Crippen LogP contribution in [0.4, 0.5) is 5.69 Å². The molecule has 100 valence electrons. The minimum atomic E-state index is -0.536. The van der Waals surface area contributed by atoms with Crippen molar-refractivity contribution < 1.29 is 9.72 Å². The van der Waals surface area contributed by atoms with E-state index in [-0.39, 0.29) is 23.3 Å². The number of aromatic amines is 1. The third-order valence-corrected chi connectivity index (χ3v) is 2.79. The molecule has 1 rings (SSSR count). The lowest BCUT2D eigenvalue weighted by molar-refractivity contribution is -0.384. The quantitative estimate of drug-likeness (QED) is 0.491. The molecule has 1 heterocycles. The average molecular weight is 274 g/mol. The molecule has 0 aromatic carbocycles. The summed E-state index contributed by atoms with van der Waals surface area (Å²) < 4.78 is 0. The number of rotatable bonds is 6. The summed E-state index contributed by atoms with van der Waals surface area (Å²) in [4.78, 5) is 26.4. The van der Waals surface area contributed by atoms with Crippen molar-refractivity contribution in [3.63, 3.8) is 0 Å². The Morgan fingerprint density at radius 2 is 2.28 bits per heavy atom. The molecule has 1 N–H and O–H groups in total. The van der Waals surface area contributed by atoms with Crippen LogP contribution in [0.1, 0.15) is 30.8 Å². The van der Waals surface area contributed by atoms with Crippen molar-refractivity contribution in [3.8, 4) is 0 Å². The number of halogens is 1. The Kier molecular flexibility index (Phi) is 5.15. The fourth-order valence-corrected chi connectivity index (χ4v) is 1.71. The molecule has 7 heteroatoms. The SMILES string of the molecule is CC(C)N(CCCCl)C(=O)c1cc([N+](=O)[O-])c[nH]1. The molecular formula is C11H16ClN3O3. The third kappa shape index (κ3) is 3.46. The molecule has 0 aliphatic heterocycles. The molecule has 1 aromatic heterocycles. The summed E-state index contributed by atoms with van der Waals surface area (Å²) in [6.07, 6.45) is 1.90. The van der Waals surface area contributed by atoms with Gasteiger partial charge in [-0.3, -0.25) is 14.9 Å². The summed E-state index contributed by atoms with van der Waals surface area (Å²) in [5, 5.41) is 10.6. The van der Waals surface area contributed by atoms with E-state index in [2.05, 4.69) is 4.98 Å². The van der Waals surface area contributed by atoms with Gasteiger partial charge in [-0.15, -0.1) is 11.6 Å². The molecule has 0 spiro atoms. The first kappa shape index (κ1) is 14.5. The van der Waals surface area contributed by atoms with Crippen LogP contribution in [0.25, 0.3) is 0 Å². The Bertz CT molecular complexity index is 431. The van der Waals surface area contributed by atoms with Crippen molar-refractivity contribution in [1.82, 2.24) is 9.88 Å². The molecule has 1 aromatic rings. The highest BCUT2D eigenvalue weighted by Gasteiger charge is 2.21. The minimum Gasteiger partial charge on any atom is -0.351 e. The summed E-state index contributed by atoms with van der Waals surface area (Å²) in [6, 6.07) is 1.27. The van der Waals surface area contributed by atoms with Crippen molar-refractivity contribution >= 4 is 23.2 Å². The van der Waals surface area contributed by atoms with Crippen LogP contribution in [0.2, 0.25) is 0 Å². The Labute approximate surface area is 110 Å². The number of nitrogens with one attached hydrogen (secondary N) is 1. The monoisotopic (exact) mass is 273 g/mol. The van der Waals surface area contributed by atoms with E-state index in [1.54, 1.807) is 4.90 Å². The highest BCUT2D eigenvalue weighted by molar-refractivity contribution is 6.17. The van der Waals surface area contributed by atoms with Gasteiger partial charge in [0.15, 0.2) is 0 Å². The summed E-state index contributed by atoms with van der Waals surface area (Å²) in [6.45, 7) is 4.32. The lowest BCUT2D eigenvalue weighted by Gasteiger charge is -2.25. The first-order chi connectivity index (χ1) is 8.47. The Hall–Kier alpha value is -1.56. The predicted octanol–water partition coefficient (Wildman–Crippen LogP) is 2.40. The number of hydrogen-bond acceptors (Lipinski definition) is 3. The van der Waals surface area contributed by atoms with Crippen molar-refractivity contribution in [3.05, 3.63) is 28.1 Å². The Balaban J connectivity index is 2.84. The highest BCUT2D eigenvalue weighted by Crippen LogP contribution is 2.15. The summed E-state index contributed by atoms with van der Waals surface area (Å²) in [7, 11) is 0. The van der Waals surface area contributed by atoms with E-state index in [4.69, 9.17) is 11.6 Å². The van der Waals surface area contributed by atoms with Crippen LogP contribution >= 0.6 is 11.6 Å². The topological polar surface area (TPSA) is 79.2 Å². The highest BCUT2D eigenvalue weighted by atomic mass is 35.5. The number of nitro groups is 1. The Morgan fingerprint density at radius 1 is 1.61 bits per heavy atom. The maximum absolute atomic E-state index is 12.2. The molecule has 0 bridgehead atoms. The van der Waals surface area contributed by atoms with Gasteiger partial charge in [0.25, 0.3) is 11.6 Å². The molecule has 0 aliphatic rings. The van der Waals surface area contributed by atoms with Crippen LogP contribution in [0.3, 0.4) is 0 Å². The van der Waals surface area contributed by atoms with Gasteiger partial charge in [-0.05, 0) is 20.3 Å². The number of hydrogen-bond donors (Lipinski definition) is 1. The Morgan fingerprint density at radius 3 is 2.72 bits per heavy atom. The second-order valence-electron chi connectivity index (χ2n) is 4.16. The lowest BCUT2D eigenvalue weighted by Crippen LogP contribution is -2.38.